The number of nitrogens with zero attached hydrogens (tertiary/aromatic N) is 1. The Morgan fingerprint density at radius 3 is 2.81 bits per heavy atom. The summed E-state index contributed by atoms with van der Waals surface area (Å²) in [4.78, 5) is 28.0. The second-order valence-corrected chi connectivity index (χ2v) is 6.20. The second kappa shape index (κ2) is 7.43. The molecule has 1 atom stereocenters. The number of nitrogens with one attached hydrogen (secondary N) is 1. The number of amidine groups is 1. The van der Waals surface area contributed by atoms with Crippen LogP contribution >= 0.6 is 23.4 Å². The zero-order chi connectivity index (χ0) is 15.2. The lowest BCUT2D eigenvalue weighted by Crippen LogP contribution is -2.26. The van der Waals surface area contributed by atoms with Crippen molar-refractivity contribution in [2.24, 2.45) is 4.99 Å². The highest BCUT2D eigenvalue weighted by Gasteiger charge is 2.31. The van der Waals surface area contributed by atoms with Crippen LogP contribution in [0.3, 0.4) is 0 Å². The molecular weight excluding hydrogens is 308 g/mol. The van der Waals surface area contributed by atoms with E-state index < -0.39 is 5.25 Å². The Balaban J connectivity index is 1.89. The molecule has 0 spiro atoms. The maximum absolute atomic E-state index is 12.0. The van der Waals surface area contributed by atoms with Crippen molar-refractivity contribution in [1.82, 2.24) is 5.32 Å². The minimum Gasteiger partial charge on any atom is -0.304 e. The number of carbonyl (C=O) groups is 2. The van der Waals surface area contributed by atoms with Crippen LogP contribution in [-0.4, -0.2) is 28.7 Å². The molecule has 21 heavy (non-hydrogen) atoms. The van der Waals surface area contributed by atoms with Gasteiger partial charge in [0.1, 0.15) is 5.78 Å². The molecule has 1 amide bonds. The van der Waals surface area contributed by atoms with Crippen LogP contribution in [0.15, 0.2) is 41.9 Å². The Morgan fingerprint density at radius 2 is 2.14 bits per heavy atom. The van der Waals surface area contributed by atoms with Crippen LogP contribution in [0, 0.1) is 0 Å². The number of aliphatic imine (C=N–C) groups is 1. The third kappa shape index (κ3) is 4.72. The molecule has 0 aliphatic carbocycles. The molecule has 1 aliphatic heterocycles. The monoisotopic (exact) mass is 322 g/mol. The smallest absolute Gasteiger partial charge is 0.239 e. The van der Waals surface area contributed by atoms with Gasteiger partial charge in [-0.2, -0.15) is 0 Å². The molecule has 1 saturated heterocycles. The van der Waals surface area contributed by atoms with Crippen molar-refractivity contribution in [2.45, 2.75) is 18.1 Å². The first-order chi connectivity index (χ1) is 10.1. The number of thioether (sulfide) groups is 1. The molecule has 1 fully saturated rings. The van der Waals surface area contributed by atoms with Crippen molar-refractivity contribution >= 4 is 40.2 Å². The first-order valence-electron chi connectivity index (χ1n) is 6.47. The van der Waals surface area contributed by atoms with Crippen molar-refractivity contribution in [3.63, 3.8) is 0 Å². The number of benzene rings is 1. The highest BCUT2D eigenvalue weighted by molar-refractivity contribution is 8.15. The Hall–Kier alpha value is -1.59. The van der Waals surface area contributed by atoms with Gasteiger partial charge in [-0.3, -0.25) is 14.6 Å². The van der Waals surface area contributed by atoms with Crippen LogP contribution in [0.5, 0.6) is 0 Å². The summed E-state index contributed by atoms with van der Waals surface area (Å²) in [7, 11) is 0. The molecule has 2 rings (SSSR count). The number of carbonyl (C=O) groups excluding carboxylic acids is 2. The van der Waals surface area contributed by atoms with Gasteiger partial charge < -0.3 is 5.32 Å². The molecule has 110 valence electrons. The van der Waals surface area contributed by atoms with Gasteiger partial charge in [-0.25, -0.2) is 0 Å². The number of halogens is 1. The molecule has 1 heterocycles. The van der Waals surface area contributed by atoms with Crippen LogP contribution in [0.4, 0.5) is 0 Å². The van der Waals surface area contributed by atoms with E-state index in [0.717, 1.165) is 5.56 Å². The zero-order valence-electron chi connectivity index (χ0n) is 11.3. The summed E-state index contributed by atoms with van der Waals surface area (Å²) in [5.41, 5.74) is 0.897. The largest absolute Gasteiger partial charge is 0.304 e. The Kier molecular flexibility index (Phi) is 5.59. The third-order valence-corrected chi connectivity index (χ3v) is 4.24. The van der Waals surface area contributed by atoms with Crippen molar-refractivity contribution in [2.75, 3.05) is 6.54 Å². The van der Waals surface area contributed by atoms with E-state index in [4.69, 9.17) is 11.6 Å². The van der Waals surface area contributed by atoms with E-state index in [2.05, 4.69) is 16.9 Å². The van der Waals surface area contributed by atoms with E-state index >= 15 is 0 Å². The third-order valence-electron chi connectivity index (χ3n) is 2.87. The molecule has 0 aromatic heterocycles. The molecule has 0 bridgehead atoms. The van der Waals surface area contributed by atoms with E-state index in [1.807, 2.05) is 12.1 Å². The van der Waals surface area contributed by atoms with Gasteiger partial charge in [0.2, 0.25) is 5.91 Å². The highest BCUT2D eigenvalue weighted by Crippen LogP contribution is 2.23. The van der Waals surface area contributed by atoms with Crippen molar-refractivity contribution in [3.8, 4) is 0 Å². The maximum Gasteiger partial charge on any atom is 0.239 e. The number of amides is 1. The lowest BCUT2D eigenvalue weighted by Gasteiger charge is -2.05. The summed E-state index contributed by atoms with van der Waals surface area (Å²) in [6, 6.07) is 7.14. The number of Topliss-reactive ketones (excluding diaryl/α,β-unsaturated/α-hetero) is 1. The lowest BCUT2D eigenvalue weighted by atomic mass is 10.1. The number of ketones is 1. The summed E-state index contributed by atoms with van der Waals surface area (Å²) >= 11 is 7.10. The average molecular weight is 323 g/mol. The van der Waals surface area contributed by atoms with Crippen LogP contribution < -0.4 is 5.32 Å². The minimum atomic E-state index is -0.395. The van der Waals surface area contributed by atoms with Gasteiger partial charge in [-0.05, 0) is 17.7 Å². The predicted molar refractivity (Wildman–Crippen MR) is 86.8 cm³/mol. The quantitative estimate of drug-likeness (QED) is 0.819. The minimum absolute atomic E-state index is 0.0231. The van der Waals surface area contributed by atoms with Gasteiger partial charge in [0.15, 0.2) is 5.17 Å². The Morgan fingerprint density at radius 1 is 1.43 bits per heavy atom. The van der Waals surface area contributed by atoms with Crippen LogP contribution in [0.1, 0.15) is 12.0 Å². The predicted octanol–water partition coefficient (Wildman–Crippen LogP) is 2.62. The van der Waals surface area contributed by atoms with Crippen molar-refractivity contribution < 1.29 is 9.59 Å². The van der Waals surface area contributed by atoms with Gasteiger partial charge in [-0.15, -0.1) is 6.58 Å². The summed E-state index contributed by atoms with van der Waals surface area (Å²) in [6.07, 6.45) is 2.16. The SMILES string of the molecule is C=CCN=C1NC(=O)C(CC(=O)Cc2ccc(Cl)cc2)S1. The molecule has 0 radical (unpaired) electrons. The van der Waals surface area contributed by atoms with E-state index in [1.165, 1.54) is 11.8 Å². The summed E-state index contributed by atoms with van der Waals surface area (Å²) in [5.74, 6) is -0.137. The Labute approximate surface area is 132 Å². The van der Waals surface area contributed by atoms with Gasteiger partial charge in [0.05, 0.1) is 11.8 Å². The molecule has 0 saturated carbocycles. The van der Waals surface area contributed by atoms with Crippen molar-refractivity contribution in [3.05, 3.63) is 47.5 Å². The van der Waals surface area contributed by atoms with E-state index in [0.29, 0.717) is 23.2 Å². The van der Waals surface area contributed by atoms with Crippen LogP contribution in [0.25, 0.3) is 0 Å². The number of hydrogen-bond donors (Lipinski definition) is 1. The zero-order valence-corrected chi connectivity index (χ0v) is 12.9. The summed E-state index contributed by atoms with van der Waals surface area (Å²) in [5, 5.41) is 3.48. The average Bonchev–Trinajstić information content (AvgIpc) is 2.79. The van der Waals surface area contributed by atoms with Crippen LogP contribution in [-0.2, 0) is 16.0 Å². The second-order valence-electron chi connectivity index (χ2n) is 4.58. The van der Waals surface area contributed by atoms with Gasteiger partial charge in [0.25, 0.3) is 0 Å². The fourth-order valence-electron chi connectivity index (χ4n) is 1.87. The van der Waals surface area contributed by atoms with Gasteiger partial charge in [-0.1, -0.05) is 41.6 Å². The summed E-state index contributed by atoms with van der Waals surface area (Å²) in [6.45, 7) is 4.02. The maximum atomic E-state index is 12.0. The van der Waals surface area contributed by atoms with Gasteiger partial charge in [0, 0.05) is 17.9 Å². The fraction of sp³-hybridized carbons (Fsp3) is 0.267. The number of rotatable bonds is 6. The van der Waals surface area contributed by atoms with E-state index in [-0.39, 0.29) is 18.1 Å². The standard InChI is InChI=1S/C15H15ClN2O2S/c1-2-7-17-15-18-14(20)13(21-15)9-12(19)8-10-3-5-11(16)6-4-10/h2-6,13H,1,7-9H2,(H,17,18,20). The molecular formula is C15H15ClN2O2S. The first-order valence-corrected chi connectivity index (χ1v) is 7.73. The molecule has 1 N–H and O–H groups in total. The lowest BCUT2D eigenvalue weighted by molar-refractivity contribution is -0.123. The van der Waals surface area contributed by atoms with Crippen molar-refractivity contribution in [1.29, 1.82) is 0 Å². The fourth-order valence-corrected chi connectivity index (χ4v) is 3.01. The molecule has 1 aromatic rings. The molecule has 1 aliphatic rings. The van der Waals surface area contributed by atoms with Gasteiger partial charge >= 0.3 is 0 Å². The molecule has 4 nitrogen and oxygen atoms in total. The highest BCUT2D eigenvalue weighted by atomic mass is 35.5. The van der Waals surface area contributed by atoms with E-state index in [1.54, 1.807) is 18.2 Å². The Bertz CT molecular complexity index is 584. The molecule has 1 unspecified atom stereocenters. The normalized spacial score (nSPS) is 19.6. The van der Waals surface area contributed by atoms with E-state index in [9.17, 15) is 9.59 Å². The molecule has 6 heteroatoms. The first kappa shape index (κ1) is 15.8. The van der Waals surface area contributed by atoms with Crippen LogP contribution in [0.2, 0.25) is 5.02 Å². The molecule has 1 aromatic carbocycles. The summed E-state index contributed by atoms with van der Waals surface area (Å²) < 4.78 is 0. The topological polar surface area (TPSA) is 58.5 Å². The number of hydrogen-bond acceptors (Lipinski definition) is 4.